The smallest absolute Gasteiger partial charge is 0.328 e. The zero-order valence-electron chi connectivity index (χ0n) is 8.60. The summed E-state index contributed by atoms with van der Waals surface area (Å²) in [5, 5.41) is 10.5. The van der Waals surface area contributed by atoms with Gasteiger partial charge in [-0.1, -0.05) is 6.92 Å². The van der Waals surface area contributed by atoms with Gasteiger partial charge >= 0.3 is 5.97 Å². The van der Waals surface area contributed by atoms with Crippen LogP contribution in [0.3, 0.4) is 0 Å². The van der Waals surface area contributed by atoms with E-state index in [1.807, 2.05) is 23.2 Å². The van der Waals surface area contributed by atoms with E-state index in [-0.39, 0.29) is 0 Å². The molecule has 0 amide bonds. The lowest BCUT2D eigenvalue weighted by atomic mass is 10.3. The van der Waals surface area contributed by atoms with Gasteiger partial charge in [0.25, 0.3) is 0 Å². The molecule has 0 radical (unpaired) electrons. The number of aliphatic carboxylic acids is 1. The van der Waals surface area contributed by atoms with Crippen LogP contribution in [0.25, 0.3) is 6.08 Å². The lowest BCUT2D eigenvalue weighted by Gasteiger charge is -1.94. The number of carbonyl (C=O) groups is 1. The third-order valence-electron chi connectivity index (χ3n) is 1.69. The predicted octanol–water partition coefficient (Wildman–Crippen LogP) is 3.49. The van der Waals surface area contributed by atoms with Crippen LogP contribution in [0.4, 0.5) is 0 Å². The Morgan fingerprint density at radius 1 is 1.67 bits per heavy atom. The van der Waals surface area contributed by atoms with Gasteiger partial charge in [-0.2, -0.15) is 11.8 Å². The van der Waals surface area contributed by atoms with E-state index in [0.717, 1.165) is 11.3 Å². The van der Waals surface area contributed by atoms with Crippen molar-refractivity contribution < 1.29 is 9.90 Å². The quantitative estimate of drug-likeness (QED) is 0.613. The molecule has 0 fully saturated rings. The van der Waals surface area contributed by atoms with Crippen LogP contribution in [0.1, 0.15) is 23.8 Å². The van der Waals surface area contributed by atoms with Crippen molar-refractivity contribution >= 4 is 35.1 Å². The number of hydrogen-bond donors (Lipinski definition) is 1. The molecule has 82 valence electrons. The molecule has 2 nitrogen and oxygen atoms in total. The fourth-order valence-corrected chi connectivity index (χ4v) is 2.92. The molecule has 0 saturated carbocycles. The predicted molar refractivity (Wildman–Crippen MR) is 67.4 cm³/mol. The fourth-order valence-electron chi connectivity index (χ4n) is 1.05. The molecule has 4 heteroatoms. The number of thiophene rings is 1. The first-order valence-electron chi connectivity index (χ1n) is 4.78. The van der Waals surface area contributed by atoms with Crippen molar-refractivity contribution in [3.63, 3.8) is 0 Å². The Labute approximate surface area is 98.0 Å². The first kappa shape index (κ1) is 12.3. The van der Waals surface area contributed by atoms with Crippen LogP contribution < -0.4 is 0 Å². The molecular formula is C11H14O2S2. The van der Waals surface area contributed by atoms with Gasteiger partial charge < -0.3 is 5.11 Å². The Hall–Kier alpha value is -0.740. The molecule has 0 aromatic carbocycles. The minimum Gasteiger partial charge on any atom is -0.478 e. The Bertz CT molecular complexity index is 342. The molecule has 0 aliphatic carbocycles. The van der Waals surface area contributed by atoms with Crippen LogP contribution in [-0.4, -0.2) is 16.8 Å². The third-order valence-corrected chi connectivity index (χ3v) is 4.03. The molecule has 1 N–H and O–H groups in total. The summed E-state index contributed by atoms with van der Waals surface area (Å²) in [5.74, 6) is 1.31. The van der Waals surface area contributed by atoms with Crippen molar-refractivity contribution in [1.82, 2.24) is 0 Å². The molecule has 1 aromatic rings. The molecule has 0 spiro atoms. The third kappa shape index (κ3) is 5.04. The van der Waals surface area contributed by atoms with Gasteiger partial charge in [0.15, 0.2) is 0 Å². The van der Waals surface area contributed by atoms with Crippen LogP contribution in [0.15, 0.2) is 17.5 Å². The molecule has 0 atom stereocenters. The molecule has 0 unspecified atom stereocenters. The summed E-state index contributed by atoms with van der Waals surface area (Å²) in [5.41, 5.74) is 0.981. The Morgan fingerprint density at radius 2 is 2.47 bits per heavy atom. The minimum absolute atomic E-state index is 0.900. The van der Waals surface area contributed by atoms with Crippen molar-refractivity contribution in [2.45, 2.75) is 19.1 Å². The number of hydrogen-bond acceptors (Lipinski definition) is 3. The van der Waals surface area contributed by atoms with Crippen molar-refractivity contribution in [2.24, 2.45) is 0 Å². The van der Waals surface area contributed by atoms with E-state index >= 15 is 0 Å². The zero-order chi connectivity index (χ0) is 11.1. The van der Waals surface area contributed by atoms with Crippen LogP contribution in [-0.2, 0) is 10.5 Å². The largest absolute Gasteiger partial charge is 0.478 e. The van der Waals surface area contributed by atoms with Crippen LogP contribution in [0.5, 0.6) is 0 Å². The molecule has 0 bridgehead atoms. The Balaban J connectivity index is 2.45. The number of carboxylic acid groups (broad SMARTS) is 1. The molecular weight excluding hydrogens is 228 g/mol. The molecule has 0 saturated heterocycles. The maximum atomic E-state index is 10.3. The molecule has 15 heavy (non-hydrogen) atoms. The summed E-state index contributed by atoms with van der Waals surface area (Å²) in [6, 6.07) is 2.05. The average molecular weight is 242 g/mol. The van der Waals surface area contributed by atoms with Crippen molar-refractivity contribution in [3.05, 3.63) is 28.0 Å². The maximum Gasteiger partial charge on any atom is 0.328 e. The van der Waals surface area contributed by atoms with Crippen molar-refractivity contribution in [1.29, 1.82) is 0 Å². The van der Waals surface area contributed by atoms with Crippen LogP contribution >= 0.6 is 23.1 Å². The number of rotatable bonds is 6. The Kier molecular flexibility index (Phi) is 5.50. The van der Waals surface area contributed by atoms with Crippen LogP contribution in [0, 0.1) is 0 Å². The second kappa shape index (κ2) is 6.69. The van der Waals surface area contributed by atoms with E-state index in [2.05, 4.69) is 6.92 Å². The maximum absolute atomic E-state index is 10.3. The van der Waals surface area contributed by atoms with Gasteiger partial charge in [0, 0.05) is 16.7 Å². The average Bonchev–Trinajstić information content (AvgIpc) is 2.63. The van der Waals surface area contributed by atoms with E-state index < -0.39 is 5.97 Å². The van der Waals surface area contributed by atoms with E-state index in [4.69, 9.17) is 5.11 Å². The molecule has 1 aromatic heterocycles. The highest BCUT2D eigenvalue weighted by Crippen LogP contribution is 2.21. The number of carboxylic acids is 1. The van der Waals surface area contributed by atoms with Crippen molar-refractivity contribution in [2.75, 3.05) is 5.75 Å². The SMILES string of the molecule is CCCSCc1cc(C=CC(=O)O)cs1. The van der Waals surface area contributed by atoms with Gasteiger partial charge in [-0.05, 0) is 35.3 Å². The van der Waals surface area contributed by atoms with E-state index in [1.54, 1.807) is 17.4 Å². The number of thioether (sulfide) groups is 1. The highest BCUT2D eigenvalue weighted by atomic mass is 32.2. The summed E-state index contributed by atoms with van der Waals surface area (Å²) >= 11 is 3.60. The summed E-state index contributed by atoms with van der Waals surface area (Å²) in [6.07, 6.45) is 4.00. The lowest BCUT2D eigenvalue weighted by molar-refractivity contribution is -0.131. The molecule has 1 heterocycles. The van der Waals surface area contributed by atoms with Gasteiger partial charge in [0.2, 0.25) is 0 Å². The summed E-state index contributed by atoms with van der Waals surface area (Å²) < 4.78 is 0. The normalized spacial score (nSPS) is 11.0. The highest BCUT2D eigenvalue weighted by Gasteiger charge is 1.98. The molecule has 0 aliphatic heterocycles. The van der Waals surface area contributed by atoms with Crippen molar-refractivity contribution in [3.8, 4) is 0 Å². The van der Waals surface area contributed by atoms with Crippen LogP contribution in [0.2, 0.25) is 0 Å². The lowest BCUT2D eigenvalue weighted by Crippen LogP contribution is -1.84. The van der Waals surface area contributed by atoms with Gasteiger partial charge in [-0.3, -0.25) is 0 Å². The Morgan fingerprint density at radius 3 is 3.13 bits per heavy atom. The van der Waals surface area contributed by atoms with E-state index in [9.17, 15) is 4.79 Å². The highest BCUT2D eigenvalue weighted by molar-refractivity contribution is 7.98. The minimum atomic E-state index is -0.900. The van der Waals surface area contributed by atoms with E-state index in [1.165, 1.54) is 23.1 Å². The van der Waals surface area contributed by atoms with Gasteiger partial charge in [0.05, 0.1) is 0 Å². The molecule has 1 rings (SSSR count). The molecule has 0 aliphatic rings. The first-order chi connectivity index (χ1) is 7.22. The standard InChI is InChI=1S/C11H14O2S2/c1-2-5-14-8-10-6-9(7-15-10)3-4-11(12)13/h3-4,6-7H,2,5,8H2,1H3,(H,12,13). The second-order valence-electron chi connectivity index (χ2n) is 3.07. The zero-order valence-corrected chi connectivity index (χ0v) is 10.2. The van der Waals surface area contributed by atoms with Gasteiger partial charge in [-0.15, -0.1) is 11.3 Å². The second-order valence-corrected chi connectivity index (χ2v) is 5.17. The fraction of sp³-hybridized carbons (Fsp3) is 0.364. The van der Waals surface area contributed by atoms with Gasteiger partial charge in [-0.25, -0.2) is 4.79 Å². The first-order valence-corrected chi connectivity index (χ1v) is 6.82. The summed E-state index contributed by atoms with van der Waals surface area (Å²) in [7, 11) is 0. The topological polar surface area (TPSA) is 37.3 Å². The van der Waals surface area contributed by atoms with Gasteiger partial charge in [0.1, 0.15) is 0 Å². The monoisotopic (exact) mass is 242 g/mol. The van der Waals surface area contributed by atoms with E-state index in [0.29, 0.717) is 0 Å². The summed E-state index contributed by atoms with van der Waals surface area (Å²) in [6.45, 7) is 2.17. The summed E-state index contributed by atoms with van der Waals surface area (Å²) in [4.78, 5) is 11.6.